The van der Waals surface area contributed by atoms with Gasteiger partial charge in [0.15, 0.2) is 5.82 Å². The number of aromatic nitrogens is 3. The van der Waals surface area contributed by atoms with Crippen molar-refractivity contribution in [3.8, 4) is 11.4 Å². The predicted molar refractivity (Wildman–Crippen MR) is 92.4 cm³/mol. The second-order valence-electron chi connectivity index (χ2n) is 6.18. The van der Waals surface area contributed by atoms with E-state index in [-0.39, 0.29) is 0 Å². The number of thiazole rings is 1. The van der Waals surface area contributed by atoms with Gasteiger partial charge in [-0.2, -0.15) is 13.2 Å². The van der Waals surface area contributed by atoms with E-state index in [4.69, 9.17) is 0 Å². The van der Waals surface area contributed by atoms with Crippen molar-refractivity contribution in [2.45, 2.75) is 25.7 Å². The summed E-state index contributed by atoms with van der Waals surface area (Å²) in [6, 6.07) is 4.96. The molecule has 0 unspecified atom stereocenters. The van der Waals surface area contributed by atoms with E-state index >= 15 is 0 Å². The maximum absolute atomic E-state index is 12.7. The first-order valence-corrected chi connectivity index (χ1v) is 9.05. The molecule has 4 rings (SSSR count). The molecule has 2 aromatic heterocycles. The van der Waals surface area contributed by atoms with Gasteiger partial charge in [-0.1, -0.05) is 12.1 Å². The molecule has 4 nitrogen and oxygen atoms in total. The molecule has 0 N–H and O–H groups in total. The predicted octanol–water partition coefficient (Wildman–Crippen LogP) is 4.18. The number of hydrogen-bond donors (Lipinski definition) is 0. The maximum atomic E-state index is 12.7. The van der Waals surface area contributed by atoms with Crippen LogP contribution in [-0.4, -0.2) is 26.4 Å². The first-order valence-electron chi connectivity index (χ1n) is 8.11. The van der Waals surface area contributed by atoms with Gasteiger partial charge in [-0.25, -0.2) is 15.0 Å². The third kappa shape index (κ3) is 3.61. The Labute approximate surface area is 152 Å². The summed E-state index contributed by atoms with van der Waals surface area (Å²) < 4.78 is 38.0. The van der Waals surface area contributed by atoms with Crippen molar-refractivity contribution in [1.82, 2.24) is 19.9 Å². The van der Waals surface area contributed by atoms with E-state index in [2.05, 4.69) is 19.9 Å². The van der Waals surface area contributed by atoms with Gasteiger partial charge in [0.2, 0.25) is 0 Å². The summed E-state index contributed by atoms with van der Waals surface area (Å²) >= 11 is 1.58. The summed E-state index contributed by atoms with van der Waals surface area (Å²) in [5.41, 5.74) is 4.82. The van der Waals surface area contributed by atoms with Crippen LogP contribution in [0.1, 0.15) is 22.5 Å². The van der Waals surface area contributed by atoms with Gasteiger partial charge in [0, 0.05) is 48.8 Å². The lowest BCUT2D eigenvalue weighted by Gasteiger charge is -2.27. The van der Waals surface area contributed by atoms with Crippen molar-refractivity contribution >= 4 is 11.3 Å². The molecule has 0 amide bonds. The van der Waals surface area contributed by atoms with E-state index in [1.165, 1.54) is 12.1 Å². The molecule has 0 radical (unpaired) electrons. The highest BCUT2D eigenvalue weighted by Crippen LogP contribution is 2.30. The molecular weight excluding hydrogens is 361 g/mol. The number of nitrogens with zero attached hydrogens (tertiary/aromatic N) is 4. The van der Waals surface area contributed by atoms with E-state index in [9.17, 15) is 13.2 Å². The molecule has 0 spiro atoms. The summed E-state index contributed by atoms with van der Waals surface area (Å²) in [5, 5.41) is 2.04. The number of benzene rings is 1. The molecule has 3 heterocycles. The first kappa shape index (κ1) is 17.1. The molecule has 8 heteroatoms. The van der Waals surface area contributed by atoms with Gasteiger partial charge < -0.3 is 0 Å². The summed E-state index contributed by atoms with van der Waals surface area (Å²) in [4.78, 5) is 15.5. The van der Waals surface area contributed by atoms with Crippen molar-refractivity contribution in [3.63, 3.8) is 0 Å². The summed E-state index contributed by atoms with van der Waals surface area (Å²) in [5.74, 6) is 0.463. The van der Waals surface area contributed by atoms with Gasteiger partial charge in [0.25, 0.3) is 0 Å². The molecule has 1 aromatic carbocycles. The normalized spacial score (nSPS) is 15.0. The van der Waals surface area contributed by atoms with Gasteiger partial charge in [-0.3, -0.25) is 4.90 Å². The first-order chi connectivity index (χ1) is 12.5. The van der Waals surface area contributed by atoms with Crippen LogP contribution in [0.2, 0.25) is 0 Å². The minimum atomic E-state index is -4.34. The zero-order valence-corrected chi connectivity index (χ0v) is 14.5. The van der Waals surface area contributed by atoms with Gasteiger partial charge in [-0.15, -0.1) is 11.3 Å². The zero-order chi connectivity index (χ0) is 18.1. The second kappa shape index (κ2) is 6.77. The quantitative estimate of drug-likeness (QED) is 0.688. The Morgan fingerprint density at radius 2 is 1.92 bits per heavy atom. The molecule has 0 saturated heterocycles. The van der Waals surface area contributed by atoms with Crippen LogP contribution in [0.3, 0.4) is 0 Å². The van der Waals surface area contributed by atoms with Crippen molar-refractivity contribution in [3.05, 3.63) is 63.9 Å². The van der Waals surface area contributed by atoms with Crippen molar-refractivity contribution < 1.29 is 13.2 Å². The van der Waals surface area contributed by atoms with Crippen molar-refractivity contribution in [2.24, 2.45) is 0 Å². The standard InChI is InChI=1S/C18H15F3N4S/c19-18(20,21)14-3-1-12(2-4-14)17-22-7-13-8-25(6-5-16(13)24-17)9-15-10-26-11-23-15/h1-4,7,10-11H,5-6,8-9H2. The Hall–Kier alpha value is -2.32. The molecule has 0 atom stereocenters. The Morgan fingerprint density at radius 3 is 2.62 bits per heavy atom. The largest absolute Gasteiger partial charge is 0.416 e. The van der Waals surface area contributed by atoms with Gasteiger partial charge in [0.05, 0.1) is 22.5 Å². The Balaban J connectivity index is 1.51. The number of alkyl halides is 3. The van der Waals surface area contributed by atoms with E-state index in [0.29, 0.717) is 11.4 Å². The minimum Gasteiger partial charge on any atom is -0.293 e. The van der Waals surface area contributed by atoms with Crippen molar-refractivity contribution in [2.75, 3.05) is 6.54 Å². The lowest BCUT2D eigenvalue weighted by Crippen LogP contribution is -2.31. The average Bonchev–Trinajstić information content (AvgIpc) is 3.14. The zero-order valence-electron chi connectivity index (χ0n) is 13.7. The molecule has 0 aliphatic carbocycles. The average molecular weight is 376 g/mol. The van der Waals surface area contributed by atoms with E-state index in [1.807, 2.05) is 10.9 Å². The van der Waals surface area contributed by atoms with Gasteiger partial charge >= 0.3 is 6.18 Å². The smallest absolute Gasteiger partial charge is 0.293 e. The molecule has 0 fully saturated rings. The molecule has 134 valence electrons. The Morgan fingerprint density at radius 1 is 1.12 bits per heavy atom. The second-order valence-corrected chi connectivity index (χ2v) is 6.90. The minimum absolute atomic E-state index is 0.463. The van der Waals surface area contributed by atoms with Crippen LogP contribution >= 0.6 is 11.3 Å². The summed E-state index contributed by atoms with van der Waals surface area (Å²) in [6.45, 7) is 2.41. The maximum Gasteiger partial charge on any atom is 0.416 e. The Kier molecular flexibility index (Phi) is 4.46. The van der Waals surface area contributed by atoms with Crippen molar-refractivity contribution in [1.29, 1.82) is 0 Å². The van der Waals surface area contributed by atoms with Crippen LogP contribution in [0.4, 0.5) is 13.2 Å². The topological polar surface area (TPSA) is 41.9 Å². The fourth-order valence-corrected chi connectivity index (χ4v) is 3.55. The highest BCUT2D eigenvalue weighted by Gasteiger charge is 2.30. The number of fused-ring (bicyclic) bond motifs is 1. The Bertz CT molecular complexity index is 892. The molecule has 26 heavy (non-hydrogen) atoms. The van der Waals surface area contributed by atoms with E-state index in [1.54, 1.807) is 17.5 Å². The molecule has 1 aliphatic heterocycles. The van der Waals surface area contributed by atoms with Crippen LogP contribution in [-0.2, 0) is 25.7 Å². The van der Waals surface area contributed by atoms with E-state index in [0.717, 1.165) is 55.1 Å². The van der Waals surface area contributed by atoms with Crippen LogP contribution in [0, 0.1) is 0 Å². The van der Waals surface area contributed by atoms with Gasteiger partial charge in [0.1, 0.15) is 0 Å². The molecule has 1 aliphatic rings. The number of rotatable bonds is 3. The fraction of sp³-hybridized carbons (Fsp3) is 0.278. The van der Waals surface area contributed by atoms with Crippen LogP contribution in [0.5, 0.6) is 0 Å². The SMILES string of the molecule is FC(F)(F)c1ccc(-c2ncc3c(n2)CCN(Cc2cscn2)C3)cc1. The highest BCUT2D eigenvalue weighted by molar-refractivity contribution is 7.07. The highest BCUT2D eigenvalue weighted by atomic mass is 32.1. The van der Waals surface area contributed by atoms with E-state index < -0.39 is 11.7 Å². The lowest BCUT2D eigenvalue weighted by molar-refractivity contribution is -0.137. The number of halogens is 3. The number of hydrogen-bond acceptors (Lipinski definition) is 5. The summed E-state index contributed by atoms with van der Waals surface area (Å²) in [7, 11) is 0. The fourth-order valence-electron chi connectivity index (χ4n) is 3.00. The molecular formula is C18H15F3N4S. The lowest BCUT2D eigenvalue weighted by atomic mass is 10.1. The van der Waals surface area contributed by atoms with Crippen LogP contribution in [0.25, 0.3) is 11.4 Å². The summed E-state index contributed by atoms with van der Waals surface area (Å²) in [6.07, 6.45) is -1.77. The molecule has 3 aromatic rings. The third-order valence-corrected chi connectivity index (χ3v) is 4.99. The third-order valence-electron chi connectivity index (χ3n) is 4.35. The molecule has 0 saturated carbocycles. The van der Waals surface area contributed by atoms with Gasteiger partial charge in [-0.05, 0) is 12.1 Å². The monoisotopic (exact) mass is 376 g/mol. The van der Waals surface area contributed by atoms with Crippen LogP contribution in [0.15, 0.2) is 41.4 Å². The molecule has 0 bridgehead atoms. The van der Waals surface area contributed by atoms with Crippen LogP contribution < -0.4 is 0 Å².